The number of nitrogens with two attached hydrogens (primary N) is 1. The van der Waals surface area contributed by atoms with Crippen LogP contribution in [-0.4, -0.2) is 34.2 Å². The number of aromatic carboxylic acids is 1. The molecule has 0 amide bonds. The Bertz CT molecular complexity index is 472. The molecule has 0 heterocycles. The van der Waals surface area contributed by atoms with Gasteiger partial charge in [0.1, 0.15) is 5.75 Å². The van der Waals surface area contributed by atoms with Crippen LogP contribution in [-0.2, 0) is 0 Å². The van der Waals surface area contributed by atoms with Crippen molar-refractivity contribution in [3.05, 3.63) is 28.8 Å². The summed E-state index contributed by atoms with van der Waals surface area (Å²) in [5, 5.41) is 27.5. The van der Waals surface area contributed by atoms with Crippen LogP contribution >= 0.6 is 0 Å². The van der Waals surface area contributed by atoms with E-state index in [1.165, 1.54) is 6.07 Å². The Morgan fingerprint density at radius 1 is 1.37 bits per heavy atom. The first kappa shape index (κ1) is 15.1. The molecule has 0 saturated carbocycles. The van der Waals surface area contributed by atoms with Gasteiger partial charge in [0.25, 0.3) is 0 Å². The van der Waals surface area contributed by atoms with Gasteiger partial charge in [-0.05, 0) is 31.4 Å². The molecule has 1 aromatic carbocycles. The first-order chi connectivity index (χ1) is 9.01. The SMILES string of the molecule is NC(CCCCO)c1cc(C(=O)O)cc(C=O)c1O. The van der Waals surface area contributed by atoms with E-state index in [1.807, 2.05) is 0 Å². The fourth-order valence-electron chi connectivity index (χ4n) is 1.81. The first-order valence-corrected chi connectivity index (χ1v) is 5.93. The quantitative estimate of drug-likeness (QED) is 0.433. The second kappa shape index (κ2) is 6.86. The average Bonchev–Trinajstić information content (AvgIpc) is 2.38. The highest BCUT2D eigenvalue weighted by molar-refractivity contribution is 5.92. The van der Waals surface area contributed by atoms with Crippen LogP contribution in [0, 0.1) is 0 Å². The number of unbranched alkanes of at least 4 members (excludes halogenated alkanes) is 1. The Morgan fingerprint density at radius 2 is 2.05 bits per heavy atom. The number of aldehydes is 1. The van der Waals surface area contributed by atoms with Gasteiger partial charge in [-0.15, -0.1) is 0 Å². The predicted octanol–water partition coefficient (Wildman–Crippen LogP) is 1.07. The summed E-state index contributed by atoms with van der Waals surface area (Å²) in [5.74, 6) is -1.47. The van der Waals surface area contributed by atoms with Crippen LogP contribution < -0.4 is 5.73 Å². The smallest absolute Gasteiger partial charge is 0.335 e. The number of carboxylic acid groups (broad SMARTS) is 1. The monoisotopic (exact) mass is 267 g/mol. The van der Waals surface area contributed by atoms with Crippen molar-refractivity contribution in [2.24, 2.45) is 5.73 Å². The van der Waals surface area contributed by atoms with Gasteiger partial charge < -0.3 is 21.1 Å². The molecule has 0 aliphatic heterocycles. The summed E-state index contributed by atoms with van der Waals surface area (Å²) in [7, 11) is 0. The van der Waals surface area contributed by atoms with Crippen molar-refractivity contribution in [2.75, 3.05) is 6.61 Å². The molecule has 1 unspecified atom stereocenters. The Kier molecular flexibility index (Phi) is 5.47. The van der Waals surface area contributed by atoms with Gasteiger partial charge in [-0.1, -0.05) is 0 Å². The average molecular weight is 267 g/mol. The molecule has 0 bridgehead atoms. The van der Waals surface area contributed by atoms with E-state index < -0.39 is 12.0 Å². The number of aromatic hydroxyl groups is 1. The molecular formula is C13H17NO5. The molecule has 0 saturated heterocycles. The van der Waals surface area contributed by atoms with Gasteiger partial charge in [0, 0.05) is 18.2 Å². The molecule has 5 N–H and O–H groups in total. The summed E-state index contributed by atoms with van der Waals surface area (Å²) in [6.07, 6.45) is 2.10. The lowest BCUT2D eigenvalue weighted by Crippen LogP contribution is -2.13. The van der Waals surface area contributed by atoms with E-state index in [9.17, 15) is 14.7 Å². The third-order valence-corrected chi connectivity index (χ3v) is 2.87. The van der Waals surface area contributed by atoms with Crippen molar-refractivity contribution in [3.63, 3.8) is 0 Å². The zero-order valence-corrected chi connectivity index (χ0v) is 10.4. The van der Waals surface area contributed by atoms with Crippen molar-refractivity contribution in [2.45, 2.75) is 25.3 Å². The standard InChI is InChI=1S/C13H17NO5/c14-11(3-1-2-4-15)10-6-8(13(18)19)5-9(7-16)12(10)17/h5-7,11,15,17H,1-4,14H2,(H,18,19). The highest BCUT2D eigenvalue weighted by atomic mass is 16.4. The molecule has 0 spiro atoms. The van der Waals surface area contributed by atoms with Gasteiger partial charge in [0.2, 0.25) is 0 Å². The largest absolute Gasteiger partial charge is 0.507 e. The minimum atomic E-state index is -1.19. The fraction of sp³-hybridized carbons (Fsp3) is 0.385. The van der Waals surface area contributed by atoms with Crippen LogP contribution in [0.1, 0.15) is 51.6 Å². The molecule has 19 heavy (non-hydrogen) atoms. The van der Waals surface area contributed by atoms with Gasteiger partial charge in [-0.2, -0.15) is 0 Å². The van der Waals surface area contributed by atoms with E-state index in [-0.39, 0.29) is 29.0 Å². The molecule has 0 fully saturated rings. The molecule has 0 aliphatic rings. The van der Waals surface area contributed by atoms with Gasteiger partial charge in [0.05, 0.1) is 11.1 Å². The summed E-state index contributed by atoms with van der Waals surface area (Å²) >= 11 is 0. The van der Waals surface area contributed by atoms with E-state index in [1.54, 1.807) is 0 Å². The number of hydrogen-bond donors (Lipinski definition) is 4. The lowest BCUT2D eigenvalue weighted by molar-refractivity contribution is 0.0696. The van der Waals surface area contributed by atoms with Crippen LogP contribution in [0.3, 0.4) is 0 Å². The van der Waals surface area contributed by atoms with Gasteiger partial charge >= 0.3 is 5.97 Å². The minimum Gasteiger partial charge on any atom is -0.507 e. The van der Waals surface area contributed by atoms with Crippen molar-refractivity contribution in [1.29, 1.82) is 0 Å². The van der Waals surface area contributed by atoms with Gasteiger partial charge in [0.15, 0.2) is 6.29 Å². The second-order valence-corrected chi connectivity index (χ2v) is 4.25. The van der Waals surface area contributed by atoms with E-state index in [0.29, 0.717) is 25.5 Å². The zero-order valence-electron chi connectivity index (χ0n) is 10.4. The molecule has 0 radical (unpaired) electrons. The van der Waals surface area contributed by atoms with Crippen LogP contribution in [0.15, 0.2) is 12.1 Å². The van der Waals surface area contributed by atoms with Crippen molar-refractivity contribution in [3.8, 4) is 5.75 Å². The molecular weight excluding hydrogens is 250 g/mol. The number of carbonyl (C=O) groups is 2. The third-order valence-electron chi connectivity index (χ3n) is 2.87. The maximum atomic E-state index is 10.9. The first-order valence-electron chi connectivity index (χ1n) is 5.93. The number of phenolic OH excluding ortho intramolecular Hbond substituents is 1. The van der Waals surface area contributed by atoms with E-state index in [0.717, 1.165) is 6.07 Å². The lowest BCUT2D eigenvalue weighted by Gasteiger charge is -2.15. The molecule has 0 aromatic heterocycles. The number of rotatable bonds is 7. The number of carbonyl (C=O) groups excluding carboxylic acids is 1. The van der Waals surface area contributed by atoms with Crippen molar-refractivity contribution >= 4 is 12.3 Å². The van der Waals surface area contributed by atoms with Crippen LogP contribution in [0.4, 0.5) is 0 Å². The predicted molar refractivity (Wildman–Crippen MR) is 68.3 cm³/mol. The van der Waals surface area contributed by atoms with E-state index in [2.05, 4.69) is 0 Å². The number of aliphatic hydroxyl groups is 1. The molecule has 1 aromatic rings. The summed E-state index contributed by atoms with van der Waals surface area (Å²) in [5.41, 5.74) is 5.93. The number of aliphatic hydroxyl groups excluding tert-OH is 1. The van der Waals surface area contributed by atoms with E-state index in [4.69, 9.17) is 15.9 Å². The summed E-state index contributed by atoms with van der Waals surface area (Å²) in [6.45, 7) is 0.0491. The topological polar surface area (TPSA) is 121 Å². The summed E-state index contributed by atoms with van der Waals surface area (Å²) in [4.78, 5) is 21.8. The van der Waals surface area contributed by atoms with Crippen LogP contribution in [0.25, 0.3) is 0 Å². The maximum Gasteiger partial charge on any atom is 0.335 e. The third kappa shape index (κ3) is 3.77. The zero-order chi connectivity index (χ0) is 14.4. The summed E-state index contributed by atoms with van der Waals surface area (Å²) in [6, 6.07) is 1.80. The molecule has 1 atom stereocenters. The Labute approximate surface area is 110 Å². The highest BCUT2D eigenvalue weighted by Crippen LogP contribution is 2.30. The fourth-order valence-corrected chi connectivity index (χ4v) is 1.81. The molecule has 1 rings (SSSR count). The van der Waals surface area contributed by atoms with E-state index >= 15 is 0 Å². The summed E-state index contributed by atoms with van der Waals surface area (Å²) < 4.78 is 0. The molecule has 0 aliphatic carbocycles. The minimum absolute atomic E-state index is 0.0491. The van der Waals surface area contributed by atoms with Crippen molar-refractivity contribution < 1.29 is 24.9 Å². The second-order valence-electron chi connectivity index (χ2n) is 4.25. The lowest BCUT2D eigenvalue weighted by atomic mass is 9.96. The molecule has 6 heteroatoms. The van der Waals surface area contributed by atoms with Gasteiger partial charge in [-0.25, -0.2) is 4.79 Å². The Balaban J connectivity index is 3.07. The molecule has 6 nitrogen and oxygen atoms in total. The molecule has 104 valence electrons. The van der Waals surface area contributed by atoms with Crippen LogP contribution in [0.5, 0.6) is 5.75 Å². The Hall–Kier alpha value is -1.92. The number of hydrogen-bond acceptors (Lipinski definition) is 5. The van der Waals surface area contributed by atoms with Gasteiger partial charge in [-0.3, -0.25) is 4.79 Å². The van der Waals surface area contributed by atoms with Crippen LogP contribution in [0.2, 0.25) is 0 Å². The normalized spacial score (nSPS) is 12.1. The Morgan fingerprint density at radius 3 is 2.58 bits per heavy atom. The maximum absolute atomic E-state index is 10.9. The number of phenols is 1. The highest BCUT2D eigenvalue weighted by Gasteiger charge is 2.17. The van der Waals surface area contributed by atoms with Crippen molar-refractivity contribution in [1.82, 2.24) is 0 Å². The number of benzene rings is 1. The number of carboxylic acids is 1.